The fraction of sp³-hybridized carbons (Fsp3) is 0.500. The van der Waals surface area contributed by atoms with Gasteiger partial charge in [-0.2, -0.15) is 0 Å². The van der Waals surface area contributed by atoms with Gasteiger partial charge in [0, 0.05) is 31.8 Å². The van der Waals surface area contributed by atoms with E-state index in [0.717, 1.165) is 18.7 Å². The first-order valence-electron chi connectivity index (χ1n) is 8.91. The van der Waals surface area contributed by atoms with Crippen molar-refractivity contribution in [1.29, 1.82) is 0 Å². The number of hydrogen-bond donors (Lipinski definition) is 0. The molecule has 0 bridgehead atoms. The zero-order chi connectivity index (χ0) is 18.0. The Hall–Kier alpha value is -2.14. The van der Waals surface area contributed by atoms with Crippen LogP contribution in [0, 0.1) is 11.8 Å². The van der Waals surface area contributed by atoms with E-state index in [-0.39, 0.29) is 11.8 Å². The molecule has 3 rings (SSSR count). The zero-order valence-electron chi connectivity index (χ0n) is 15.5. The lowest BCUT2D eigenvalue weighted by atomic mass is 9.94. The van der Waals surface area contributed by atoms with Gasteiger partial charge in [0.15, 0.2) is 0 Å². The number of benzene rings is 1. The molecule has 1 aromatic heterocycles. The Morgan fingerprint density at radius 3 is 2.80 bits per heavy atom. The number of hydroxylamine groups is 2. The molecular formula is C20H27N3O2. The highest BCUT2D eigenvalue weighted by Crippen LogP contribution is 2.38. The normalized spacial score (nSPS) is 20.3. The molecule has 134 valence electrons. The van der Waals surface area contributed by atoms with E-state index in [9.17, 15) is 4.79 Å². The Morgan fingerprint density at radius 2 is 2.12 bits per heavy atom. The van der Waals surface area contributed by atoms with Crippen LogP contribution in [0.15, 0.2) is 36.5 Å². The van der Waals surface area contributed by atoms with Crippen molar-refractivity contribution in [2.75, 3.05) is 14.2 Å². The van der Waals surface area contributed by atoms with Crippen LogP contribution >= 0.6 is 0 Å². The molecule has 1 amide bonds. The monoisotopic (exact) mass is 341 g/mol. The molecule has 2 aromatic rings. The molecule has 2 heterocycles. The summed E-state index contributed by atoms with van der Waals surface area (Å²) in [6, 6.07) is 11.0. The molecule has 0 saturated heterocycles. The van der Waals surface area contributed by atoms with Gasteiger partial charge in [0.1, 0.15) is 5.82 Å². The highest BCUT2D eigenvalue weighted by atomic mass is 16.7. The van der Waals surface area contributed by atoms with Gasteiger partial charge >= 0.3 is 0 Å². The van der Waals surface area contributed by atoms with E-state index in [4.69, 9.17) is 4.84 Å². The fourth-order valence-corrected chi connectivity index (χ4v) is 3.82. The number of carbonyl (C=O) groups excluding carboxylic acids is 1. The second kappa shape index (κ2) is 7.40. The quantitative estimate of drug-likeness (QED) is 0.758. The van der Waals surface area contributed by atoms with E-state index in [1.165, 1.54) is 23.4 Å². The number of carbonyl (C=O) groups is 1. The number of amides is 1. The minimum Gasteiger partial charge on any atom is -0.324 e. The predicted octanol–water partition coefficient (Wildman–Crippen LogP) is 3.25. The van der Waals surface area contributed by atoms with Gasteiger partial charge in [-0.3, -0.25) is 9.63 Å². The van der Waals surface area contributed by atoms with Crippen molar-refractivity contribution in [1.82, 2.24) is 14.6 Å². The lowest BCUT2D eigenvalue weighted by Gasteiger charge is -2.22. The van der Waals surface area contributed by atoms with Gasteiger partial charge in [0.05, 0.1) is 13.2 Å². The maximum atomic E-state index is 12.1. The topological polar surface area (TPSA) is 47.4 Å². The van der Waals surface area contributed by atoms with Crippen LogP contribution in [0.1, 0.15) is 43.4 Å². The van der Waals surface area contributed by atoms with Gasteiger partial charge in [-0.25, -0.2) is 10.0 Å². The fourth-order valence-electron chi connectivity index (χ4n) is 3.82. The van der Waals surface area contributed by atoms with E-state index >= 15 is 0 Å². The first-order chi connectivity index (χ1) is 12.0. The minimum absolute atomic E-state index is 0.00383. The van der Waals surface area contributed by atoms with Crippen molar-refractivity contribution in [3.63, 3.8) is 0 Å². The van der Waals surface area contributed by atoms with Crippen molar-refractivity contribution in [2.24, 2.45) is 11.8 Å². The van der Waals surface area contributed by atoms with Crippen molar-refractivity contribution in [2.45, 2.75) is 39.2 Å². The molecule has 3 unspecified atom stereocenters. The van der Waals surface area contributed by atoms with Crippen LogP contribution in [0.4, 0.5) is 0 Å². The first-order valence-corrected chi connectivity index (χ1v) is 8.91. The highest BCUT2D eigenvalue weighted by Gasteiger charge is 2.33. The molecule has 0 fully saturated rings. The lowest BCUT2D eigenvalue weighted by Crippen LogP contribution is -2.27. The summed E-state index contributed by atoms with van der Waals surface area (Å²) in [6.07, 6.45) is 4.29. The van der Waals surface area contributed by atoms with Crippen LogP contribution in [-0.2, 0) is 22.5 Å². The third kappa shape index (κ3) is 3.61. The first kappa shape index (κ1) is 17.7. The molecule has 1 aromatic carbocycles. The summed E-state index contributed by atoms with van der Waals surface area (Å²) in [6.45, 7) is 4.40. The standard InChI is InChI=1S/C20H27N3O2/c1-14(11-19(24)22(3)25-4)10-17-13-21-18-12-15(2)20(23(17)18)16-8-6-5-7-9-16/h5-9,13-15,20H,10-12H2,1-4H3. The van der Waals surface area contributed by atoms with Crippen LogP contribution < -0.4 is 0 Å². The minimum atomic E-state index is 0.00383. The van der Waals surface area contributed by atoms with E-state index in [1.54, 1.807) is 7.05 Å². The summed E-state index contributed by atoms with van der Waals surface area (Å²) in [5, 5.41) is 1.30. The number of imidazole rings is 1. The Bertz CT molecular complexity index is 726. The maximum absolute atomic E-state index is 12.1. The van der Waals surface area contributed by atoms with Gasteiger partial charge < -0.3 is 4.57 Å². The molecule has 0 radical (unpaired) electrons. The summed E-state index contributed by atoms with van der Waals surface area (Å²) in [7, 11) is 3.16. The largest absolute Gasteiger partial charge is 0.324 e. The molecule has 5 nitrogen and oxygen atoms in total. The second-order valence-electron chi connectivity index (χ2n) is 7.16. The van der Waals surface area contributed by atoms with Gasteiger partial charge in [-0.15, -0.1) is 0 Å². The van der Waals surface area contributed by atoms with E-state index < -0.39 is 0 Å². The lowest BCUT2D eigenvalue weighted by molar-refractivity contribution is -0.169. The Morgan fingerprint density at radius 1 is 1.40 bits per heavy atom. The van der Waals surface area contributed by atoms with Crippen LogP contribution in [0.2, 0.25) is 0 Å². The average molecular weight is 341 g/mol. The highest BCUT2D eigenvalue weighted by molar-refractivity contribution is 5.75. The molecule has 1 aliphatic rings. The third-order valence-corrected chi connectivity index (χ3v) is 5.12. The van der Waals surface area contributed by atoms with Gasteiger partial charge in [-0.05, 0) is 23.8 Å². The SMILES string of the molecule is CON(C)C(=O)CC(C)Cc1cnc2n1C(c1ccccc1)C(C)C2. The van der Waals surface area contributed by atoms with E-state index in [1.807, 2.05) is 6.20 Å². The average Bonchev–Trinajstić information content (AvgIpc) is 3.13. The summed E-state index contributed by atoms with van der Waals surface area (Å²) in [5.41, 5.74) is 2.55. The van der Waals surface area contributed by atoms with Crippen LogP contribution in [0.3, 0.4) is 0 Å². The smallest absolute Gasteiger partial charge is 0.246 e. The summed E-state index contributed by atoms with van der Waals surface area (Å²) in [4.78, 5) is 21.7. The number of hydrogen-bond acceptors (Lipinski definition) is 3. The molecule has 0 aliphatic carbocycles. The summed E-state index contributed by atoms with van der Waals surface area (Å²) >= 11 is 0. The molecule has 1 aliphatic heterocycles. The van der Waals surface area contributed by atoms with Crippen LogP contribution in [0.5, 0.6) is 0 Å². The maximum Gasteiger partial charge on any atom is 0.246 e. The van der Waals surface area contributed by atoms with Crippen molar-refractivity contribution in [3.05, 3.63) is 53.6 Å². The molecule has 0 N–H and O–H groups in total. The molecule has 5 heteroatoms. The van der Waals surface area contributed by atoms with Gasteiger partial charge in [0.25, 0.3) is 0 Å². The van der Waals surface area contributed by atoms with Gasteiger partial charge in [0.2, 0.25) is 5.91 Å². The summed E-state index contributed by atoms with van der Waals surface area (Å²) < 4.78 is 2.39. The van der Waals surface area contributed by atoms with Crippen LogP contribution in [-0.4, -0.2) is 34.7 Å². The van der Waals surface area contributed by atoms with Crippen molar-refractivity contribution >= 4 is 5.91 Å². The van der Waals surface area contributed by atoms with Crippen molar-refractivity contribution < 1.29 is 9.63 Å². The number of aromatic nitrogens is 2. The van der Waals surface area contributed by atoms with Crippen LogP contribution in [0.25, 0.3) is 0 Å². The Labute approximate surface area is 149 Å². The number of nitrogens with zero attached hydrogens (tertiary/aromatic N) is 3. The molecule has 3 atom stereocenters. The molecule has 0 spiro atoms. The van der Waals surface area contributed by atoms with E-state index in [0.29, 0.717) is 18.4 Å². The molecule has 0 saturated carbocycles. The second-order valence-corrected chi connectivity index (χ2v) is 7.16. The number of rotatable bonds is 6. The Kier molecular flexibility index (Phi) is 5.23. The Balaban J connectivity index is 1.79. The number of fused-ring (bicyclic) bond motifs is 1. The third-order valence-electron chi connectivity index (χ3n) is 5.12. The molecule has 25 heavy (non-hydrogen) atoms. The van der Waals surface area contributed by atoms with Gasteiger partial charge in [-0.1, -0.05) is 44.2 Å². The van der Waals surface area contributed by atoms with Crippen molar-refractivity contribution in [3.8, 4) is 0 Å². The van der Waals surface area contributed by atoms with E-state index in [2.05, 4.69) is 53.7 Å². The predicted molar refractivity (Wildman–Crippen MR) is 96.9 cm³/mol. The summed E-state index contributed by atoms with van der Waals surface area (Å²) in [5.74, 6) is 1.92. The molecular weight excluding hydrogens is 314 g/mol. The zero-order valence-corrected chi connectivity index (χ0v) is 15.5.